The van der Waals surface area contributed by atoms with E-state index in [4.69, 9.17) is 0 Å². The molecule has 0 aliphatic carbocycles. The zero-order valence-corrected chi connectivity index (χ0v) is 12.3. The zero-order valence-electron chi connectivity index (χ0n) is 11.5. The molecule has 1 saturated heterocycles. The van der Waals surface area contributed by atoms with Crippen LogP contribution >= 0.6 is 0 Å². The summed E-state index contributed by atoms with van der Waals surface area (Å²) in [6.07, 6.45) is 2.48. The molecule has 1 aromatic rings. The molecule has 1 aliphatic heterocycles. The number of rotatable bonds is 4. The fourth-order valence-corrected chi connectivity index (χ4v) is 2.94. The van der Waals surface area contributed by atoms with Crippen molar-refractivity contribution in [3.8, 4) is 0 Å². The molecular formula is C12H20N4O2S. The van der Waals surface area contributed by atoms with Crippen molar-refractivity contribution >= 4 is 15.8 Å². The Labute approximate surface area is 114 Å². The first kappa shape index (κ1) is 14.2. The van der Waals surface area contributed by atoms with Gasteiger partial charge in [-0.3, -0.25) is 0 Å². The number of anilines is 1. The normalized spacial score (nSPS) is 20.9. The standard InChI is InChI=1S/C12H20N4O2S/c1-15(2)19(17,18)11-4-5-12(13-8-11)14-10-6-7-16(3)9-10/h4-5,8,10H,6-7,9H2,1-3H3,(H,13,14). The Kier molecular flexibility index (Phi) is 4.07. The van der Waals surface area contributed by atoms with Crippen molar-refractivity contribution in [2.24, 2.45) is 0 Å². The number of aromatic nitrogens is 1. The molecule has 0 radical (unpaired) electrons. The van der Waals surface area contributed by atoms with Gasteiger partial charge in [0.2, 0.25) is 10.0 Å². The fourth-order valence-electron chi connectivity index (χ4n) is 2.09. The van der Waals surface area contributed by atoms with Crippen LogP contribution in [0.25, 0.3) is 0 Å². The topological polar surface area (TPSA) is 65.5 Å². The molecule has 0 amide bonds. The van der Waals surface area contributed by atoms with E-state index in [0.29, 0.717) is 6.04 Å². The minimum atomic E-state index is -3.39. The minimum Gasteiger partial charge on any atom is -0.366 e. The molecule has 106 valence electrons. The molecule has 1 unspecified atom stereocenters. The van der Waals surface area contributed by atoms with Gasteiger partial charge in [0.1, 0.15) is 10.7 Å². The van der Waals surface area contributed by atoms with E-state index in [9.17, 15) is 8.42 Å². The largest absolute Gasteiger partial charge is 0.366 e. The predicted molar refractivity (Wildman–Crippen MR) is 74.6 cm³/mol. The summed E-state index contributed by atoms with van der Waals surface area (Å²) in [6, 6.07) is 3.69. The summed E-state index contributed by atoms with van der Waals surface area (Å²) in [5, 5.41) is 3.32. The summed E-state index contributed by atoms with van der Waals surface area (Å²) >= 11 is 0. The third-order valence-corrected chi connectivity index (χ3v) is 5.06. The molecule has 19 heavy (non-hydrogen) atoms. The smallest absolute Gasteiger partial charge is 0.244 e. The number of pyridine rings is 1. The van der Waals surface area contributed by atoms with Gasteiger partial charge in [0.05, 0.1) is 0 Å². The second-order valence-corrected chi connectivity index (χ2v) is 7.21. The van der Waals surface area contributed by atoms with Crippen molar-refractivity contribution < 1.29 is 8.42 Å². The average molecular weight is 284 g/mol. The SMILES string of the molecule is CN1CCC(Nc2ccc(S(=O)(=O)N(C)C)cn2)C1. The van der Waals surface area contributed by atoms with Crippen LogP contribution in [0.4, 0.5) is 5.82 Å². The van der Waals surface area contributed by atoms with E-state index in [1.165, 1.54) is 24.6 Å². The Balaban J connectivity index is 2.07. The van der Waals surface area contributed by atoms with Crippen molar-refractivity contribution in [1.29, 1.82) is 0 Å². The highest BCUT2D eigenvalue weighted by molar-refractivity contribution is 7.89. The van der Waals surface area contributed by atoms with Crippen molar-refractivity contribution in [3.63, 3.8) is 0 Å². The molecule has 0 aromatic carbocycles. The maximum atomic E-state index is 11.9. The molecule has 2 rings (SSSR count). The minimum absolute atomic E-state index is 0.214. The van der Waals surface area contributed by atoms with Crippen LogP contribution in [0.3, 0.4) is 0 Å². The van der Waals surface area contributed by atoms with E-state index in [-0.39, 0.29) is 4.90 Å². The van der Waals surface area contributed by atoms with Gasteiger partial charge >= 0.3 is 0 Å². The number of nitrogens with one attached hydrogen (secondary N) is 1. The van der Waals surface area contributed by atoms with Crippen molar-refractivity contribution in [1.82, 2.24) is 14.2 Å². The molecule has 1 atom stereocenters. The second-order valence-electron chi connectivity index (χ2n) is 5.06. The molecule has 7 heteroatoms. The molecule has 1 fully saturated rings. The van der Waals surface area contributed by atoms with E-state index in [1.807, 2.05) is 0 Å². The Morgan fingerprint density at radius 3 is 2.63 bits per heavy atom. The molecule has 0 spiro atoms. The Hall–Kier alpha value is -1.18. The molecular weight excluding hydrogens is 264 g/mol. The van der Waals surface area contributed by atoms with Gasteiger partial charge < -0.3 is 10.2 Å². The monoisotopic (exact) mass is 284 g/mol. The van der Waals surface area contributed by atoms with Crippen LogP contribution in [-0.4, -0.2) is 62.9 Å². The molecule has 6 nitrogen and oxygen atoms in total. The summed E-state index contributed by atoms with van der Waals surface area (Å²) in [5.74, 6) is 0.720. The number of hydrogen-bond acceptors (Lipinski definition) is 5. The quantitative estimate of drug-likeness (QED) is 0.869. The average Bonchev–Trinajstić information content (AvgIpc) is 2.75. The molecule has 1 aromatic heterocycles. The van der Waals surface area contributed by atoms with Gasteiger partial charge in [-0.05, 0) is 32.1 Å². The van der Waals surface area contributed by atoms with E-state index >= 15 is 0 Å². The third-order valence-electron chi connectivity index (χ3n) is 3.26. The zero-order chi connectivity index (χ0) is 14.0. The van der Waals surface area contributed by atoms with Gasteiger partial charge in [0.15, 0.2) is 0 Å². The van der Waals surface area contributed by atoms with Crippen LogP contribution < -0.4 is 5.32 Å². The summed E-state index contributed by atoms with van der Waals surface area (Å²) in [5.41, 5.74) is 0. The molecule has 2 heterocycles. The van der Waals surface area contributed by atoms with Gasteiger partial charge in [0.25, 0.3) is 0 Å². The molecule has 0 bridgehead atoms. The highest BCUT2D eigenvalue weighted by Crippen LogP contribution is 2.16. The number of nitrogens with zero attached hydrogens (tertiary/aromatic N) is 3. The fraction of sp³-hybridized carbons (Fsp3) is 0.583. The first-order valence-corrected chi connectivity index (χ1v) is 7.67. The second kappa shape index (κ2) is 5.44. The highest BCUT2D eigenvalue weighted by atomic mass is 32.2. The first-order valence-electron chi connectivity index (χ1n) is 6.23. The van der Waals surface area contributed by atoms with Crippen LogP contribution in [0.1, 0.15) is 6.42 Å². The van der Waals surface area contributed by atoms with Crippen LogP contribution in [0.2, 0.25) is 0 Å². The van der Waals surface area contributed by atoms with E-state index in [0.717, 1.165) is 25.3 Å². The van der Waals surface area contributed by atoms with Crippen molar-refractivity contribution in [2.45, 2.75) is 17.4 Å². The Morgan fingerprint density at radius 2 is 2.16 bits per heavy atom. The van der Waals surface area contributed by atoms with Crippen LogP contribution in [0, 0.1) is 0 Å². The molecule has 1 N–H and O–H groups in total. The maximum Gasteiger partial charge on any atom is 0.244 e. The lowest BCUT2D eigenvalue weighted by atomic mass is 10.2. The Bertz CT molecular complexity index is 527. The van der Waals surface area contributed by atoms with Gasteiger partial charge in [-0.25, -0.2) is 17.7 Å². The van der Waals surface area contributed by atoms with Crippen molar-refractivity contribution in [2.75, 3.05) is 39.5 Å². The van der Waals surface area contributed by atoms with E-state index in [1.54, 1.807) is 12.1 Å². The lowest BCUT2D eigenvalue weighted by Gasteiger charge is -2.14. The van der Waals surface area contributed by atoms with Gasteiger partial charge in [-0.2, -0.15) is 0 Å². The molecule has 0 saturated carbocycles. The number of likely N-dealkylation sites (tertiary alicyclic amines) is 1. The van der Waals surface area contributed by atoms with E-state index < -0.39 is 10.0 Å². The van der Waals surface area contributed by atoms with Crippen LogP contribution in [-0.2, 0) is 10.0 Å². The maximum absolute atomic E-state index is 11.9. The molecule has 1 aliphatic rings. The van der Waals surface area contributed by atoms with Crippen molar-refractivity contribution in [3.05, 3.63) is 18.3 Å². The number of sulfonamides is 1. The highest BCUT2D eigenvalue weighted by Gasteiger charge is 2.20. The third kappa shape index (κ3) is 3.23. The van der Waals surface area contributed by atoms with Gasteiger partial charge in [-0.1, -0.05) is 0 Å². The number of hydrogen-bond donors (Lipinski definition) is 1. The van der Waals surface area contributed by atoms with E-state index in [2.05, 4.69) is 22.2 Å². The first-order chi connectivity index (χ1) is 8.89. The Morgan fingerprint density at radius 1 is 1.42 bits per heavy atom. The lowest BCUT2D eigenvalue weighted by Crippen LogP contribution is -2.24. The lowest BCUT2D eigenvalue weighted by molar-refractivity contribution is 0.414. The summed E-state index contributed by atoms with van der Waals surface area (Å²) in [7, 11) is 1.71. The van der Waals surface area contributed by atoms with Crippen LogP contribution in [0.5, 0.6) is 0 Å². The van der Waals surface area contributed by atoms with Crippen LogP contribution in [0.15, 0.2) is 23.2 Å². The summed E-state index contributed by atoms with van der Waals surface area (Å²) in [4.78, 5) is 6.65. The summed E-state index contributed by atoms with van der Waals surface area (Å²) in [6.45, 7) is 2.06. The predicted octanol–water partition coefficient (Wildman–Crippen LogP) is 0.448. The number of likely N-dealkylation sites (N-methyl/N-ethyl adjacent to an activating group) is 1. The van der Waals surface area contributed by atoms with Gasteiger partial charge in [-0.15, -0.1) is 0 Å². The van der Waals surface area contributed by atoms with Gasteiger partial charge in [0, 0.05) is 32.9 Å². The summed E-state index contributed by atoms with van der Waals surface area (Å²) < 4.78 is 25.0.